The summed E-state index contributed by atoms with van der Waals surface area (Å²) in [6, 6.07) is 2.67. The number of rotatable bonds is 5. The second kappa shape index (κ2) is 7.81. The Bertz CT molecular complexity index is 835. The maximum Gasteiger partial charge on any atom is 0.273 e. The number of nitro groups is 1. The van der Waals surface area contributed by atoms with E-state index in [-0.39, 0.29) is 28.8 Å². The number of hydrogen-bond acceptors (Lipinski definition) is 6. The molecule has 2 fully saturated rings. The van der Waals surface area contributed by atoms with E-state index in [9.17, 15) is 23.3 Å². The number of carbonyl (C=O) groups excluding carboxylic acids is 1. The van der Waals surface area contributed by atoms with E-state index >= 15 is 0 Å². The molecule has 0 saturated carbocycles. The van der Waals surface area contributed by atoms with Crippen molar-refractivity contribution in [3.05, 3.63) is 28.3 Å². The van der Waals surface area contributed by atoms with Gasteiger partial charge in [0, 0.05) is 25.7 Å². The third kappa shape index (κ3) is 3.77. The molecule has 0 bridgehead atoms. The Hall–Kier alpha value is -2.20. The molecule has 148 valence electrons. The molecular formula is C17H23N3O6S. The minimum Gasteiger partial charge on any atom is -0.495 e. The number of ether oxygens (including phenoxy) is 1. The number of piperidine rings is 1. The van der Waals surface area contributed by atoms with Crippen molar-refractivity contribution in [2.24, 2.45) is 0 Å². The van der Waals surface area contributed by atoms with Gasteiger partial charge in [0.15, 0.2) is 0 Å². The first-order chi connectivity index (χ1) is 12.9. The van der Waals surface area contributed by atoms with Crippen LogP contribution in [-0.2, 0) is 14.8 Å². The number of carbonyl (C=O) groups is 1. The van der Waals surface area contributed by atoms with Gasteiger partial charge in [-0.25, -0.2) is 8.42 Å². The monoisotopic (exact) mass is 397 g/mol. The third-order valence-electron chi connectivity index (χ3n) is 5.10. The fraction of sp³-hybridized carbons (Fsp3) is 0.588. The minimum atomic E-state index is -4.03. The van der Waals surface area contributed by atoms with Gasteiger partial charge in [-0.1, -0.05) is 6.42 Å². The van der Waals surface area contributed by atoms with Crippen molar-refractivity contribution in [2.45, 2.75) is 43.0 Å². The number of amides is 1. The van der Waals surface area contributed by atoms with E-state index in [1.165, 1.54) is 17.5 Å². The van der Waals surface area contributed by atoms with Gasteiger partial charge in [-0.2, -0.15) is 4.31 Å². The Labute approximate surface area is 158 Å². The van der Waals surface area contributed by atoms with Gasteiger partial charge in [-0.3, -0.25) is 14.9 Å². The van der Waals surface area contributed by atoms with Crippen LogP contribution >= 0.6 is 0 Å². The number of benzene rings is 1. The molecule has 2 aliphatic heterocycles. The van der Waals surface area contributed by atoms with Gasteiger partial charge in [0.05, 0.1) is 18.1 Å². The van der Waals surface area contributed by atoms with E-state index in [0.29, 0.717) is 25.9 Å². The number of methoxy groups -OCH3 is 1. The molecule has 2 heterocycles. The first-order valence-electron chi connectivity index (χ1n) is 8.99. The van der Waals surface area contributed by atoms with Crippen LogP contribution in [0.3, 0.4) is 0 Å². The maximum absolute atomic E-state index is 13.3. The van der Waals surface area contributed by atoms with Gasteiger partial charge in [-0.05, 0) is 31.7 Å². The summed E-state index contributed by atoms with van der Waals surface area (Å²) in [5.41, 5.74) is -0.255. The number of sulfonamides is 1. The minimum absolute atomic E-state index is 0.0952. The molecule has 2 aliphatic rings. The van der Waals surface area contributed by atoms with Gasteiger partial charge in [-0.15, -0.1) is 0 Å². The standard InChI is InChI=1S/C17H23N3O6S/c1-26-15-12-13(20(22)23)7-8-16(15)27(24,25)19-11-3-2-6-14(19)17(21)18-9-4-5-10-18/h7-8,12,14H,2-6,9-11H2,1H3. The van der Waals surface area contributed by atoms with Crippen LogP contribution in [-0.4, -0.2) is 61.2 Å². The third-order valence-corrected chi connectivity index (χ3v) is 7.05. The molecule has 1 unspecified atom stereocenters. The Kier molecular flexibility index (Phi) is 5.66. The van der Waals surface area contributed by atoms with Crippen LogP contribution in [0.25, 0.3) is 0 Å². The lowest BCUT2D eigenvalue weighted by Gasteiger charge is -2.35. The fourth-order valence-electron chi connectivity index (χ4n) is 3.70. The van der Waals surface area contributed by atoms with Gasteiger partial charge in [0.1, 0.15) is 16.7 Å². The summed E-state index contributed by atoms with van der Waals surface area (Å²) in [6.07, 6.45) is 3.79. The lowest BCUT2D eigenvalue weighted by atomic mass is 10.0. The van der Waals surface area contributed by atoms with Gasteiger partial charge in [0.2, 0.25) is 15.9 Å². The van der Waals surface area contributed by atoms with Crippen molar-refractivity contribution >= 4 is 21.6 Å². The van der Waals surface area contributed by atoms with E-state index in [2.05, 4.69) is 0 Å². The Morgan fingerprint density at radius 2 is 1.85 bits per heavy atom. The molecule has 0 spiro atoms. The molecule has 0 radical (unpaired) electrons. The van der Waals surface area contributed by atoms with Crippen molar-refractivity contribution in [1.29, 1.82) is 0 Å². The number of likely N-dealkylation sites (tertiary alicyclic amines) is 1. The predicted octanol–water partition coefficient (Wildman–Crippen LogP) is 1.77. The van der Waals surface area contributed by atoms with E-state index in [1.54, 1.807) is 4.90 Å². The zero-order chi connectivity index (χ0) is 19.6. The van der Waals surface area contributed by atoms with E-state index < -0.39 is 21.0 Å². The van der Waals surface area contributed by atoms with E-state index in [1.807, 2.05) is 0 Å². The number of hydrogen-bond donors (Lipinski definition) is 0. The number of non-ortho nitro benzene ring substituents is 1. The topological polar surface area (TPSA) is 110 Å². The van der Waals surface area contributed by atoms with E-state index in [0.717, 1.165) is 31.4 Å². The second-order valence-electron chi connectivity index (χ2n) is 6.75. The highest BCUT2D eigenvalue weighted by Gasteiger charge is 2.41. The molecule has 3 rings (SSSR count). The Morgan fingerprint density at radius 1 is 1.19 bits per heavy atom. The molecule has 1 aromatic rings. The number of nitrogens with zero attached hydrogens (tertiary/aromatic N) is 3. The Morgan fingerprint density at radius 3 is 2.48 bits per heavy atom. The molecule has 1 amide bonds. The smallest absolute Gasteiger partial charge is 0.273 e. The zero-order valence-corrected chi connectivity index (χ0v) is 16.0. The lowest BCUT2D eigenvalue weighted by molar-refractivity contribution is -0.385. The quantitative estimate of drug-likeness (QED) is 0.553. The van der Waals surface area contributed by atoms with Crippen molar-refractivity contribution in [2.75, 3.05) is 26.7 Å². The summed E-state index contributed by atoms with van der Waals surface area (Å²) in [6.45, 7) is 1.56. The van der Waals surface area contributed by atoms with Crippen molar-refractivity contribution in [3.8, 4) is 5.75 Å². The highest BCUT2D eigenvalue weighted by Crippen LogP contribution is 2.34. The van der Waals surface area contributed by atoms with Crippen LogP contribution in [0, 0.1) is 10.1 Å². The van der Waals surface area contributed by atoms with Crippen LogP contribution in [0.2, 0.25) is 0 Å². The van der Waals surface area contributed by atoms with Crippen molar-refractivity contribution < 1.29 is 22.9 Å². The molecule has 0 N–H and O–H groups in total. The normalized spacial score (nSPS) is 21.2. The second-order valence-corrected chi connectivity index (χ2v) is 8.61. The summed E-state index contributed by atoms with van der Waals surface area (Å²) < 4.78 is 32.9. The number of nitro benzene ring substituents is 1. The largest absolute Gasteiger partial charge is 0.495 e. The van der Waals surface area contributed by atoms with Crippen molar-refractivity contribution in [1.82, 2.24) is 9.21 Å². The first-order valence-corrected chi connectivity index (χ1v) is 10.4. The fourth-order valence-corrected chi connectivity index (χ4v) is 5.49. The molecule has 1 aromatic carbocycles. The summed E-state index contributed by atoms with van der Waals surface area (Å²) >= 11 is 0. The summed E-state index contributed by atoms with van der Waals surface area (Å²) in [5, 5.41) is 11.0. The Balaban J connectivity index is 1.96. The van der Waals surface area contributed by atoms with Gasteiger partial charge < -0.3 is 9.64 Å². The SMILES string of the molecule is COc1cc([N+](=O)[O-])ccc1S(=O)(=O)N1CCCCC1C(=O)N1CCCC1. The van der Waals surface area contributed by atoms with Crippen LogP contribution in [0.4, 0.5) is 5.69 Å². The molecule has 9 nitrogen and oxygen atoms in total. The lowest BCUT2D eigenvalue weighted by Crippen LogP contribution is -2.52. The van der Waals surface area contributed by atoms with Gasteiger partial charge >= 0.3 is 0 Å². The van der Waals surface area contributed by atoms with Crippen LogP contribution in [0.5, 0.6) is 5.75 Å². The molecule has 0 aromatic heterocycles. The summed E-state index contributed by atoms with van der Waals surface area (Å²) in [7, 11) is -2.77. The molecule has 0 aliphatic carbocycles. The average Bonchev–Trinajstić information content (AvgIpc) is 3.21. The highest BCUT2D eigenvalue weighted by atomic mass is 32.2. The van der Waals surface area contributed by atoms with Crippen LogP contribution in [0.15, 0.2) is 23.1 Å². The molecule has 10 heteroatoms. The zero-order valence-electron chi connectivity index (χ0n) is 15.2. The van der Waals surface area contributed by atoms with Crippen molar-refractivity contribution in [3.63, 3.8) is 0 Å². The molecule has 2 saturated heterocycles. The summed E-state index contributed by atoms with van der Waals surface area (Å²) in [5.74, 6) is -0.251. The maximum atomic E-state index is 13.3. The van der Waals surface area contributed by atoms with Crippen LogP contribution in [0.1, 0.15) is 32.1 Å². The predicted molar refractivity (Wildman–Crippen MR) is 97.0 cm³/mol. The molecule has 27 heavy (non-hydrogen) atoms. The highest BCUT2D eigenvalue weighted by molar-refractivity contribution is 7.89. The van der Waals surface area contributed by atoms with Gasteiger partial charge in [0.25, 0.3) is 5.69 Å². The van der Waals surface area contributed by atoms with Crippen LogP contribution < -0.4 is 4.74 Å². The molecule has 1 atom stereocenters. The first kappa shape index (κ1) is 19.6. The average molecular weight is 397 g/mol. The summed E-state index contributed by atoms with van der Waals surface area (Å²) in [4.78, 5) is 24.8. The van der Waals surface area contributed by atoms with E-state index in [4.69, 9.17) is 4.74 Å². The molecular weight excluding hydrogens is 374 g/mol.